The molecule has 0 spiro atoms. The Morgan fingerprint density at radius 2 is 1.52 bits per heavy atom. The van der Waals surface area contributed by atoms with Crippen LogP contribution in [0.2, 0.25) is 0 Å². The first-order chi connectivity index (χ1) is 15.2. The predicted molar refractivity (Wildman–Crippen MR) is 116 cm³/mol. The third kappa shape index (κ3) is 6.79. The standard InChI is InChI=1S/C20H22N4O2.C2HF3O2/c1-12-7-5-6-8-13(12)9-15-18(25)24-16(19(26)23-15)10-14-17(20(2,3)4)22-11-21-14;3-2(4,5)1(6)7/h5-11H,1-4H3,(H,21,22)(H,23,26)(H,24,25);(H,6,7)/b15-9-,16-10-;. The molecule has 0 saturated heterocycles. The maximum absolute atomic E-state index is 12.4. The molecular weight excluding hydrogens is 441 g/mol. The molecule has 3 rings (SSSR count). The quantitative estimate of drug-likeness (QED) is 0.458. The lowest BCUT2D eigenvalue weighted by Gasteiger charge is -2.16. The molecule has 0 saturated carbocycles. The second kappa shape index (κ2) is 9.72. The van der Waals surface area contributed by atoms with Crippen molar-refractivity contribution in [1.29, 1.82) is 0 Å². The Morgan fingerprint density at radius 1 is 1.00 bits per heavy atom. The van der Waals surface area contributed by atoms with E-state index in [-0.39, 0.29) is 27.2 Å². The van der Waals surface area contributed by atoms with Crippen molar-refractivity contribution in [3.63, 3.8) is 0 Å². The van der Waals surface area contributed by atoms with Gasteiger partial charge in [-0.15, -0.1) is 0 Å². The number of hydrogen-bond donors (Lipinski definition) is 4. The van der Waals surface area contributed by atoms with E-state index in [0.29, 0.717) is 5.69 Å². The number of halogens is 3. The molecule has 11 heteroatoms. The molecule has 2 aromatic heterocycles. The molecule has 0 unspecified atom stereocenters. The molecule has 2 heterocycles. The van der Waals surface area contributed by atoms with Gasteiger partial charge in [0.1, 0.15) is 10.7 Å². The van der Waals surface area contributed by atoms with E-state index in [2.05, 4.69) is 19.9 Å². The van der Waals surface area contributed by atoms with Crippen LogP contribution < -0.4 is 21.8 Å². The zero-order chi connectivity index (χ0) is 25.0. The average Bonchev–Trinajstić information content (AvgIpc) is 3.16. The molecular formula is C22H23F3N4O4. The smallest absolute Gasteiger partial charge is 0.475 e. The topological polar surface area (TPSA) is 132 Å². The normalized spacial score (nSPS) is 12.9. The molecule has 33 heavy (non-hydrogen) atoms. The summed E-state index contributed by atoms with van der Waals surface area (Å²) in [5.41, 5.74) is 2.55. The van der Waals surface area contributed by atoms with Gasteiger partial charge in [-0.25, -0.2) is 9.78 Å². The number of carboxylic acid groups (broad SMARTS) is 1. The Hall–Kier alpha value is -3.89. The first kappa shape index (κ1) is 25.4. The van der Waals surface area contributed by atoms with Gasteiger partial charge in [0.05, 0.1) is 12.0 Å². The lowest BCUT2D eigenvalue weighted by atomic mass is 9.90. The number of aromatic amines is 3. The summed E-state index contributed by atoms with van der Waals surface area (Å²) in [6.07, 6.45) is -0.234. The maximum Gasteiger partial charge on any atom is 0.490 e. The molecule has 3 aromatic rings. The third-order valence-corrected chi connectivity index (χ3v) is 4.42. The number of nitrogens with zero attached hydrogens (tertiary/aromatic N) is 1. The van der Waals surface area contributed by atoms with Crippen molar-refractivity contribution in [2.24, 2.45) is 0 Å². The fourth-order valence-electron chi connectivity index (χ4n) is 2.75. The third-order valence-electron chi connectivity index (χ3n) is 4.42. The van der Waals surface area contributed by atoms with Crippen LogP contribution in [0.3, 0.4) is 0 Å². The van der Waals surface area contributed by atoms with Crippen molar-refractivity contribution >= 4 is 18.1 Å². The summed E-state index contributed by atoms with van der Waals surface area (Å²) in [6.45, 7) is 8.09. The van der Waals surface area contributed by atoms with Crippen molar-refractivity contribution in [3.8, 4) is 0 Å². The number of imidazole rings is 1. The minimum absolute atomic E-state index is 0.159. The summed E-state index contributed by atoms with van der Waals surface area (Å²) in [6, 6.07) is 7.66. The van der Waals surface area contributed by atoms with Crippen LogP contribution in [-0.2, 0) is 10.2 Å². The van der Waals surface area contributed by atoms with Crippen LogP contribution in [0, 0.1) is 6.92 Å². The number of aryl methyl sites for hydroxylation is 1. The van der Waals surface area contributed by atoms with Crippen LogP contribution in [-0.4, -0.2) is 37.2 Å². The maximum atomic E-state index is 12.4. The number of carboxylic acids is 1. The van der Waals surface area contributed by atoms with Gasteiger partial charge in [-0.1, -0.05) is 45.0 Å². The molecule has 8 nitrogen and oxygen atoms in total. The summed E-state index contributed by atoms with van der Waals surface area (Å²) in [4.78, 5) is 46.4. The van der Waals surface area contributed by atoms with Crippen LogP contribution in [0.5, 0.6) is 0 Å². The minimum Gasteiger partial charge on any atom is -0.475 e. The van der Waals surface area contributed by atoms with Gasteiger partial charge in [-0.3, -0.25) is 9.59 Å². The van der Waals surface area contributed by atoms with Gasteiger partial charge in [0.2, 0.25) is 0 Å². The number of H-pyrrole nitrogens is 3. The van der Waals surface area contributed by atoms with Crippen molar-refractivity contribution in [1.82, 2.24) is 19.9 Å². The highest BCUT2D eigenvalue weighted by molar-refractivity contribution is 5.73. The first-order valence-electron chi connectivity index (χ1n) is 9.66. The number of nitrogens with one attached hydrogen (secondary N) is 3. The van der Waals surface area contributed by atoms with Crippen LogP contribution in [0.15, 0.2) is 40.2 Å². The molecule has 0 atom stereocenters. The van der Waals surface area contributed by atoms with Gasteiger partial charge in [0.15, 0.2) is 0 Å². The SMILES string of the molecule is Cc1ccccc1/C=c1\[nH]c(=O)/c(=C/c2nc[nH]c2C(C)(C)C)[nH]c1=O.O=C(O)C(F)(F)F. The molecule has 0 aliphatic carbocycles. The Bertz CT molecular complexity index is 1380. The van der Waals surface area contributed by atoms with E-state index in [0.717, 1.165) is 16.8 Å². The largest absolute Gasteiger partial charge is 0.490 e. The van der Waals surface area contributed by atoms with Crippen molar-refractivity contribution in [2.45, 2.75) is 39.3 Å². The Kier molecular flexibility index (Phi) is 7.47. The number of rotatable bonds is 2. The summed E-state index contributed by atoms with van der Waals surface area (Å²) in [7, 11) is 0. The zero-order valence-corrected chi connectivity index (χ0v) is 18.3. The molecule has 0 aliphatic heterocycles. The second-order valence-corrected chi connectivity index (χ2v) is 8.10. The molecule has 0 fully saturated rings. The highest BCUT2D eigenvalue weighted by atomic mass is 19.4. The van der Waals surface area contributed by atoms with E-state index in [1.54, 1.807) is 18.5 Å². The molecule has 0 bridgehead atoms. The first-order valence-corrected chi connectivity index (χ1v) is 9.66. The summed E-state index contributed by atoms with van der Waals surface area (Å²) in [5.74, 6) is -2.76. The molecule has 4 N–H and O–H groups in total. The number of alkyl halides is 3. The number of benzene rings is 1. The molecule has 0 amide bonds. The zero-order valence-electron chi connectivity index (χ0n) is 18.3. The Balaban J connectivity index is 0.000000479. The highest BCUT2D eigenvalue weighted by Crippen LogP contribution is 2.22. The number of aliphatic carboxylic acids is 1. The van der Waals surface area contributed by atoms with Crippen LogP contribution in [0.4, 0.5) is 13.2 Å². The minimum atomic E-state index is -5.08. The Morgan fingerprint density at radius 3 is 2.00 bits per heavy atom. The van der Waals surface area contributed by atoms with E-state index in [9.17, 15) is 22.8 Å². The molecule has 0 radical (unpaired) electrons. The second-order valence-electron chi connectivity index (χ2n) is 8.10. The van der Waals surface area contributed by atoms with E-state index in [4.69, 9.17) is 9.90 Å². The van der Waals surface area contributed by atoms with E-state index >= 15 is 0 Å². The number of hydrogen-bond acceptors (Lipinski definition) is 4. The lowest BCUT2D eigenvalue weighted by molar-refractivity contribution is -0.192. The predicted octanol–water partition coefficient (Wildman–Crippen LogP) is 1.68. The lowest BCUT2D eigenvalue weighted by Crippen LogP contribution is -2.46. The summed E-state index contributed by atoms with van der Waals surface area (Å²) in [5, 5.41) is 7.52. The summed E-state index contributed by atoms with van der Waals surface area (Å²) >= 11 is 0. The molecule has 1 aromatic carbocycles. The van der Waals surface area contributed by atoms with E-state index < -0.39 is 12.1 Å². The van der Waals surface area contributed by atoms with Crippen LogP contribution >= 0.6 is 0 Å². The van der Waals surface area contributed by atoms with E-state index in [1.165, 1.54) is 0 Å². The highest BCUT2D eigenvalue weighted by Gasteiger charge is 2.38. The summed E-state index contributed by atoms with van der Waals surface area (Å²) < 4.78 is 31.7. The van der Waals surface area contributed by atoms with Crippen molar-refractivity contribution in [2.75, 3.05) is 0 Å². The molecule has 0 aliphatic rings. The fourth-order valence-corrected chi connectivity index (χ4v) is 2.75. The Labute approximate surface area is 185 Å². The fraction of sp³-hybridized carbons (Fsp3) is 0.273. The number of carbonyl (C=O) groups is 1. The van der Waals surface area contributed by atoms with Gasteiger partial charge >= 0.3 is 12.1 Å². The van der Waals surface area contributed by atoms with Gasteiger partial charge in [-0.2, -0.15) is 13.2 Å². The van der Waals surface area contributed by atoms with E-state index in [1.807, 2.05) is 52.0 Å². The van der Waals surface area contributed by atoms with Gasteiger partial charge in [-0.05, 0) is 30.2 Å². The van der Waals surface area contributed by atoms with Crippen molar-refractivity contribution < 1.29 is 23.1 Å². The van der Waals surface area contributed by atoms with Crippen LogP contribution in [0.25, 0.3) is 12.2 Å². The van der Waals surface area contributed by atoms with Crippen molar-refractivity contribution in [3.05, 3.63) is 84.5 Å². The monoisotopic (exact) mass is 464 g/mol. The van der Waals surface area contributed by atoms with Gasteiger partial charge in [0, 0.05) is 11.1 Å². The van der Waals surface area contributed by atoms with Crippen LogP contribution in [0.1, 0.15) is 43.3 Å². The van der Waals surface area contributed by atoms with Gasteiger partial charge < -0.3 is 20.1 Å². The average molecular weight is 464 g/mol. The van der Waals surface area contributed by atoms with Gasteiger partial charge in [0.25, 0.3) is 11.1 Å². The number of aromatic nitrogens is 4. The molecule has 176 valence electrons.